The molecule has 0 saturated heterocycles. The van der Waals surface area contributed by atoms with Gasteiger partial charge in [-0.15, -0.1) is 0 Å². The van der Waals surface area contributed by atoms with E-state index in [0.717, 1.165) is 16.6 Å². The first-order valence-electron chi connectivity index (χ1n) is 5.90. The van der Waals surface area contributed by atoms with E-state index in [9.17, 15) is 5.11 Å². The number of ether oxygens (including phenoxy) is 1. The Labute approximate surface area is 112 Å². The van der Waals surface area contributed by atoms with Crippen LogP contribution < -0.4 is 4.74 Å². The zero-order chi connectivity index (χ0) is 12.9. The second-order valence-electron chi connectivity index (χ2n) is 5.55. The lowest BCUT2D eigenvalue weighted by atomic mass is 9.85. The van der Waals surface area contributed by atoms with Crippen molar-refractivity contribution in [2.75, 3.05) is 13.2 Å². The van der Waals surface area contributed by atoms with Gasteiger partial charge < -0.3 is 9.84 Å². The molecule has 1 aromatic rings. The van der Waals surface area contributed by atoms with E-state index in [0.29, 0.717) is 6.61 Å². The highest BCUT2D eigenvalue weighted by Gasteiger charge is 2.19. The molecule has 0 heterocycles. The van der Waals surface area contributed by atoms with E-state index in [4.69, 9.17) is 4.74 Å². The van der Waals surface area contributed by atoms with E-state index in [1.54, 1.807) is 0 Å². The van der Waals surface area contributed by atoms with Gasteiger partial charge in [0, 0.05) is 12.5 Å². The van der Waals surface area contributed by atoms with Crippen molar-refractivity contribution in [3.8, 4) is 5.75 Å². The molecule has 0 fully saturated rings. The van der Waals surface area contributed by atoms with Gasteiger partial charge in [0.15, 0.2) is 0 Å². The maximum absolute atomic E-state index is 9.34. The third-order valence-corrected chi connectivity index (χ3v) is 3.13. The molecule has 2 nitrogen and oxygen atoms in total. The number of rotatable bonds is 5. The van der Waals surface area contributed by atoms with Crippen LogP contribution in [0, 0.1) is 11.3 Å². The molecule has 3 heteroatoms. The summed E-state index contributed by atoms with van der Waals surface area (Å²) in [5.74, 6) is 1.02. The van der Waals surface area contributed by atoms with Crippen molar-refractivity contribution in [1.29, 1.82) is 0 Å². The average molecular weight is 301 g/mol. The summed E-state index contributed by atoms with van der Waals surface area (Å²) in [5.41, 5.74) is 0.213. The fourth-order valence-corrected chi connectivity index (χ4v) is 2.21. The molecule has 0 aliphatic rings. The van der Waals surface area contributed by atoms with Crippen molar-refractivity contribution < 1.29 is 9.84 Å². The fraction of sp³-hybridized carbons (Fsp3) is 0.571. The molecule has 0 aromatic heterocycles. The molecular weight excluding hydrogens is 280 g/mol. The maximum atomic E-state index is 9.34. The Morgan fingerprint density at radius 1 is 1.29 bits per heavy atom. The largest absolute Gasteiger partial charge is 0.492 e. The molecular formula is C14H21BrO2. The molecule has 96 valence electrons. The second kappa shape index (κ2) is 6.41. The molecule has 1 unspecified atom stereocenters. The zero-order valence-corrected chi connectivity index (χ0v) is 12.3. The number of benzene rings is 1. The first-order chi connectivity index (χ1) is 7.92. The van der Waals surface area contributed by atoms with Gasteiger partial charge in [0.25, 0.3) is 0 Å². The fourth-order valence-electron chi connectivity index (χ4n) is 1.81. The highest BCUT2D eigenvalue weighted by molar-refractivity contribution is 9.10. The zero-order valence-electron chi connectivity index (χ0n) is 10.7. The van der Waals surface area contributed by atoms with Crippen LogP contribution in [-0.4, -0.2) is 18.3 Å². The van der Waals surface area contributed by atoms with E-state index < -0.39 is 0 Å². The SMILES string of the molecule is CC(C)(C)CC(CO)COc1ccccc1Br. The van der Waals surface area contributed by atoms with Crippen molar-refractivity contribution in [2.24, 2.45) is 11.3 Å². The Bertz CT molecular complexity index is 344. The minimum Gasteiger partial charge on any atom is -0.492 e. The first kappa shape index (κ1) is 14.5. The molecule has 0 spiro atoms. The third-order valence-electron chi connectivity index (χ3n) is 2.47. The van der Waals surface area contributed by atoms with Crippen LogP contribution in [0.3, 0.4) is 0 Å². The van der Waals surface area contributed by atoms with Crippen molar-refractivity contribution in [2.45, 2.75) is 27.2 Å². The van der Waals surface area contributed by atoms with Crippen molar-refractivity contribution in [1.82, 2.24) is 0 Å². The van der Waals surface area contributed by atoms with Crippen molar-refractivity contribution in [3.63, 3.8) is 0 Å². The van der Waals surface area contributed by atoms with Crippen LogP contribution in [0.15, 0.2) is 28.7 Å². The molecule has 0 aliphatic heterocycles. The minimum absolute atomic E-state index is 0.168. The Morgan fingerprint density at radius 3 is 2.47 bits per heavy atom. The van der Waals surface area contributed by atoms with Crippen LogP contribution in [0.25, 0.3) is 0 Å². The standard InChI is InChI=1S/C14H21BrO2/c1-14(2,3)8-11(9-16)10-17-13-7-5-4-6-12(13)15/h4-7,11,16H,8-10H2,1-3H3. The summed E-state index contributed by atoms with van der Waals surface area (Å²) in [4.78, 5) is 0. The number of halogens is 1. The molecule has 1 N–H and O–H groups in total. The summed E-state index contributed by atoms with van der Waals surface area (Å²) in [5, 5.41) is 9.34. The van der Waals surface area contributed by atoms with E-state index in [2.05, 4.69) is 36.7 Å². The Balaban J connectivity index is 2.51. The molecule has 0 bridgehead atoms. The van der Waals surface area contributed by atoms with Gasteiger partial charge in [-0.1, -0.05) is 32.9 Å². The molecule has 1 atom stereocenters. The summed E-state index contributed by atoms with van der Waals surface area (Å²) >= 11 is 3.44. The molecule has 1 rings (SSSR count). The Kier molecular flexibility index (Phi) is 5.47. The maximum Gasteiger partial charge on any atom is 0.133 e. The molecule has 1 aromatic carbocycles. The molecule has 0 saturated carbocycles. The van der Waals surface area contributed by atoms with Gasteiger partial charge in [0.05, 0.1) is 11.1 Å². The summed E-state index contributed by atoms with van der Waals surface area (Å²) in [6.45, 7) is 7.24. The van der Waals surface area contributed by atoms with Gasteiger partial charge in [0.1, 0.15) is 5.75 Å². The summed E-state index contributed by atoms with van der Waals surface area (Å²) in [6.07, 6.45) is 0.952. The van der Waals surface area contributed by atoms with Gasteiger partial charge >= 0.3 is 0 Å². The van der Waals surface area contributed by atoms with E-state index in [1.807, 2.05) is 24.3 Å². The third kappa shape index (κ3) is 5.55. The van der Waals surface area contributed by atoms with Crippen LogP contribution in [0.5, 0.6) is 5.75 Å². The van der Waals surface area contributed by atoms with E-state index >= 15 is 0 Å². The van der Waals surface area contributed by atoms with Gasteiger partial charge in [-0.25, -0.2) is 0 Å². The predicted molar refractivity (Wildman–Crippen MR) is 74.3 cm³/mol. The van der Waals surface area contributed by atoms with Crippen LogP contribution >= 0.6 is 15.9 Å². The van der Waals surface area contributed by atoms with Crippen LogP contribution in [0.4, 0.5) is 0 Å². The number of aliphatic hydroxyl groups is 1. The summed E-state index contributed by atoms with van der Waals surface area (Å²) < 4.78 is 6.68. The van der Waals surface area contributed by atoms with Crippen molar-refractivity contribution in [3.05, 3.63) is 28.7 Å². The molecule has 0 aliphatic carbocycles. The Morgan fingerprint density at radius 2 is 1.94 bits per heavy atom. The number of hydrogen-bond acceptors (Lipinski definition) is 2. The van der Waals surface area contributed by atoms with Gasteiger partial charge in [-0.3, -0.25) is 0 Å². The first-order valence-corrected chi connectivity index (χ1v) is 6.70. The smallest absolute Gasteiger partial charge is 0.133 e. The Hall–Kier alpha value is -0.540. The predicted octanol–water partition coefficient (Wildman–Crippen LogP) is 3.87. The highest BCUT2D eigenvalue weighted by atomic mass is 79.9. The molecule has 0 radical (unpaired) electrons. The van der Waals surface area contributed by atoms with Crippen LogP contribution in [0.1, 0.15) is 27.2 Å². The lowest BCUT2D eigenvalue weighted by Crippen LogP contribution is -2.22. The van der Waals surface area contributed by atoms with Gasteiger partial charge in [0.2, 0.25) is 0 Å². The van der Waals surface area contributed by atoms with E-state index in [1.165, 1.54) is 0 Å². The number of hydrogen-bond donors (Lipinski definition) is 1. The van der Waals surface area contributed by atoms with Crippen LogP contribution in [-0.2, 0) is 0 Å². The van der Waals surface area contributed by atoms with E-state index in [-0.39, 0.29) is 17.9 Å². The van der Waals surface area contributed by atoms with Gasteiger partial charge in [-0.05, 0) is 39.9 Å². The highest BCUT2D eigenvalue weighted by Crippen LogP contribution is 2.27. The quantitative estimate of drug-likeness (QED) is 0.894. The van der Waals surface area contributed by atoms with Crippen LogP contribution in [0.2, 0.25) is 0 Å². The second-order valence-corrected chi connectivity index (χ2v) is 6.41. The number of para-hydroxylation sites is 1. The van der Waals surface area contributed by atoms with Gasteiger partial charge in [-0.2, -0.15) is 0 Å². The lowest BCUT2D eigenvalue weighted by Gasteiger charge is -2.24. The number of aliphatic hydroxyl groups excluding tert-OH is 1. The molecule has 0 amide bonds. The normalized spacial score (nSPS) is 13.5. The lowest BCUT2D eigenvalue weighted by molar-refractivity contribution is 0.125. The summed E-state index contributed by atoms with van der Waals surface area (Å²) in [6, 6.07) is 7.77. The minimum atomic E-state index is 0.168. The molecule has 17 heavy (non-hydrogen) atoms. The summed E-state index contributed by atoms with van der Waals surface area (Å²) in [7, 11) is 0. The monoisotopic (exact) mass is 300 g/mol. The topological polar surface area (TPSA) is 29.5 Å². The van der Waals surface area contributed by atoms with Crippen molar-refractivity contribution >= 4 is 15.9 Å². The average Bonchev–Trinajstić information content (AvgIpc) is 2.24.